The molecule has 4 heterocycles. The topological polar surface area (TPSA) is 67.2 Å². The first kappa shape index (κ1) is 17.0. The van der Waals surface area contributed by atoms with Gasteiger partial charge in [0.1, 0.15) is 30.0 Å². The van der Waals surface area contributed by atoms with Crippen molar-refractivity contribution in [1.29, 1.82) is 0 Å². The molecule has 0 bridgehead atoms. The molecule has 0 spiro atoms. The van der Waals surface area contributed by atoms with Crippen molar-refractivity contribution in [2.45, 2.75) is 51.5 Å². The van der Waals surface area contributed by atoms with Gasteiger partial charge in [-0.05, 0) is 45.4 Å². The summed E-state index contributed by atoms with van der Waals surface area (Å²) < 4.78 is 1.82. The van der Waals surface area contributed by atoms with Crippen molar-refractivity contribution >= 4 is 11.7 Å². The summed E-state index contributed by atoms with van der Waals surface area (Å²) in [4.78, 5) is 30.0. The number of imidazole rings is 1. The second-order valence-corrected chi connectivity index (χ2v) is 7.29. The predicted octanol–water partition coefficient (Wildman–Crippen LogP) is 2.67. The van der Waals surface area contributed by atoms with E-state index in [1.807, 2.05) is 15.5 Å². The van der Waals surface area contributed by atoms with E-state index in [1.165, 1.54) is 25.7 Å². The van der Waals surface area contributed by atoms with Crippen LogP contribution >= 0.6 is 0 Å². The highest BCUT2D eigenvalue weighted by atomic mass is 16.2. The lowest BCUT2D eigenvalue weighted by Gasteiger charge is -2.34. The number of aromatic nitrogens is 4. The fourth-order valence-corrected chi connectivity index (χ4v) is 3.89. The van der Waals surface area contributed by atoms with Gasteiger partial charge in [0, 0.05) is 37.9 Å². The van der Waals surface area contributed by atoms with Crippen LogP contribution in [-0.4, -0.2) is 56.0 Å². The Hall–Kier alpha value is -2.44. The fourth-order valence-electron chi connectivity index (χ4n) is 3.89. The second-order valence-electron chi connectivity index (χ2n) is 7.29. The number of rotatable bonds is 3. The number of anilines is 1. The molecule has 2 aromatic rings. The molecule has 2 aromatic heterocycles. The monoisotopic (exact) mass is 354 g/mol. The molecule has 1 atom stereocenters. The van der Waals surface area contributed by atoms with Crippen molar-refractivity contribution < 1.29 is 4.79 Å². The maximum absolute atomic E-state index is 12.6. The van der Waals surface area contributed by atoms with Crippen LogP contribution in [0.2, 0.25) is 0 Å². The van der Waals surface area contributed by atoms with Gasteiger partial charge < -0.3 is 9.80 Å². The molecule has 0 saturated carbocycles. The highest BCUT2D eigenvalue weighted by Crippen LogP contribution is 2.23. The molecule has 2 fully saturated rings. The third-order valence-electron chi connectivity index (χ3n) is 5.44. The molecule has 2 aliphatic rings. The van der Waals surface area contributed by atoms with E-state index in [9.17, 15) is 4.79 Å². The summed E-state index contributed by atoms with van der Waals surface area (Å²) in [5.41, 5.74) is 0.485. The minimum atomic E-state index is 0.0161. The zero-order valence-electron chi connectivity index (χ0n) is 15.3. The molecule has 0 aromatic carbocycles. The van der Waals surface area contributed by atoms with Gasteiger partial charge in [-0.2, -0.15) is 0 Å². The minimum absolute atomic E-state index is 0.0161. The average molecular weight is 354 g/mol. The maximum Gasteiger partial charge on any atom is 0.274 e. The quantitative estimate of drug-likeness (QED) is 0.848. The van der Waals surface area contributed by atoms with Gasteiger partial charge in [0.2, 0.25) is 0 Å². The van der Waals surface area contributed by atoms with Crippen LogP contribution in [0.1, 0.15) is 55.9 Å². The molecular formula is C19H26N6O. The molecule has 7 nitrogen and oxygen atoms in total. The average Bonchev–Trinajstić information content (AvgIpc) is 3.19. The molecule has 4 rings (SSSR count). The largest absolute Gasteiger partial charge is 0.354 e. The van der Waals surface area contributed by atoms with Gasteiger partial charge in [0.25, 0.3) is 5.91 Å². The molecule has 26 heavy (non-hydrogen) atoms. The lowest BCUT2D eigenvalue weighted by molar-refractivity contribution is 0.0719. The Morgan fingerprint density at radius 1 is 1.00 bits per heavy atom. The number of hydrogen-bond donors (Lipinski definition) is 0. The van der Waals surface area contributed by atoms with E-state index in [1.54, 1.807) is 18.9 Å². The smallest absolute Gasteiger partial charge is 0.274 e. The molecule has 7 heteroatoms. The SMILES string of the molecule is C[C@H]1CCCCN1c1cc(-n2cnc(C(=O)N3CCCCC3)c2)ncn1. The normalized spacial score (nSPS) is 21.0. The van der Waals surface area contributed by atoms with E-state index < -0.39 is 0 Å². The van der Waals surface area contributed by atoms with Crippen LogP contribution in [0.15, 0.2) is 24.9 Å². The summed E-state index contributed by atoms with van der Waals surface area (Å²) in [6.07, 6.45) is 12.1. The molecule has 2 aliphatic heterocycles. The molecule has 2 saturated heterocycles. The molecule has 1 amide bonds. The standard InChI is InChI=1S/C19H26N6O/c1-15-7-3-6-10-25(15)18-11-17(20-13-21-18)24-12-16(22-14-24)19(26)23-8-4-2-5-9-23/h11-15H,2-10H2,1H3/t15-/m0/s1. The van der Waals surface area contributed by atoms with Gasteiger partial charge >= 0.3 is 0 Å². The minimum Gasteiger partial charge on any atom is -0.354 e. The van der Waals surface area contributed by atoms with Crippen LogP contribution < -0.4 is 4.90 Å². The molecule has 138 valence electrons. The van der Waals surface area contributed by atoms with Crippen LogP contribution in [0.25, 0.3) is 5.82 Å². The number of hydrogen-bond acceptors (Lipinski definition) is 5. The zero-order valence-corrected chi connectivity index (χ0v) is 15.3. The van der Waals surface area contributed by atoms with Gasteiger partial charge in [-0.15, -0.1) is 0 Å². The van der Waals surface area contributed by atoms with Crippen molar-refractivity contribution in [3.63, 3.8) is 0 Å². The van der Waals surface area contributed by atoms with Gasteiger partial charge in [0.05, 0.1) is 0 Å². The highest BCUT2D eigenvalue weighted by molar-refractivity contribution is 5.92. The summed E-state index contributed by atoms with van der Waals surface area (Å²) in [7, 11) is 0. The van der Waals surface area contributed by atoms with Crippen LogP contribution in [0.3, 0.4) is 0 Å². The van der Waals surface area contributed by atoms with E-state index in [2.05, 4.69) is 26.8 Å². The molecule has 0 unspecified atom stereocenters. The van der Waals surface area contributed by atoms with Crippen LogP contribution in [0, 0.1) is 0 Å². The number of carbonyl (C=O) groups excluding carboxylic acids is 1. The Balaban J connectivity index is 1.54. The van der Waals surface area contributed by atoms with Crippen LogP contribution in [-0.2, 0) is 0 Å². The lowest BCUT2D eigenvalue weighted by Crippen LogP contribution is -2.38. The van der Waals surface area contributed by atoms with E-state index in [0.29, 0.717) is 11.7 Å². The van der Waals surface area contributed by atoms with Crippen molar-refractivity contribution in [3.05, 3.63) is 30.6 Å². The molecular weight excluding hydrogens is 328 g/mol. The Kier molecular flexibility index (Phi) is 4.86. The molecule has 0 N–H and O–H groups in total. The molecule has 0 radical (unpaired) electrons. The Labute approximate surface area is 154 Å². The Morgan fingerprint density at radius 2 is 1.77 bits per heavy atom. The number of amides is 1. The third kappa shape index (κ3) is 3.43. The molecule has 0 aliphatic carbocycles. The number of nitrogens with zero attached hydrogens (tertiary/aromatic N) is 6. The predicted molar refractivity (Wildman–Crippen MR) is 99.6 cm³/mol. The fraction of sp³-hybridized carbons (Fsp3) is 0.579. The van der Waals surface area contributed by atoms with E-state index in [-0.39, 0.29) is 5.91 Å². The second kappa shape index (κ2) is 7.43. The Bertz CT molecular complexity index is 767. The van der Waals surface area contributed by atoms with Crippen molar-refractivity contribution in [2.24, 2.45) is 0 Å². The first-order chi connectivity index (χ1) is 12.7. The van der Waals surface area contributed by atoms with Gasteiger partial charge in [-0.3, -0.25) is 9.36 Å². The van der Waals surface area contributed by atoms with Crippen LogP contribution in [0.5, 0.6) is 0 Å². The highest BCUT2D eigenvalue weighted by Gasteiger charge is 2.22. The van der Waals surface area contributed by atoms with Gasteiger partial charge in [-0.25, -0.2) is 15.0 Å². The summed E-state index contributed by atoms with van der Waals surface area (Å²) >= 11 is 0. The van der Waals surface area contributed by atoms with Crippen molar-refractivity contribution in [2.75, 3.05) is 24.5 Å². The van der Waals surface area contributed by atoms with Gasteiger partial charge in [0.15, 0.2) is 0 Å². The summed E-state index contributed by atoms with van der Waals surface area (Å²) in [6.45, 7) is 4.93. The number of piperidine rings is 2. The third-order valence-corrected chi connectivity index (χ3v) is 5.44. The Morgan fingerprint density at radius 3 is 2.58 bits per heavy atom. The van der Waals surface area contributed by atoms with E-state index in [4.69, 9.17) is 0 Å². The van der Waals surface area contributed by atoms with E-state index in [0.717, 1.165) is 44.1 Å². The first-order valence-electron chi connectivity index (χ1n) is 9.65. The van der Waals surface area contributed by atoms with Crippen LogP contribution in [0.4, 0.5) is 5.82 Å². The maximum atomic E-state index is 12.6. The van der Waals surface area contributed by atoms with E-state index >= 15 is 0 Å². The summed E-state index contributed by atoms with van der Waals surface area (Å²) in [5, 5.41) is 0. The van der Waals surface area contributed by atoms with Crippen molar-refractivity contribution in [3.8, 4) is 5.82 Å². The van der Waals surface area contributed by atoms with Gasteiger partial charge in [-0.1, -0.05) is 0 Å². The lowest BCUT2D eigenvalue weighted by atomic mass is 10.0. The summed E-state index contributed by atoms with van der Waals surface area (Å²) in [5.74, 6) is 1.71. The number of carbonyl (C=O) groups is 1. The first-order valence-corrected chi connectivity index (χ1v) is 9.65. The zero-order chi connectivity index (χ0) is 17.9. The summed E-state index contributed by atoms with van der Waals surface area (Å²) in [6, 6.07) is 2.48. The number of likely N-dealkylation sites (tertiary alicyclic amines) is 1. The van der Waals surface area contributed by atoms with Crippen molar-refractivity contribution in [1.82, 2.24) is 24.4 Å².